The van der Waals surface area contributed by atoms with Gasteiger partial charge in [0.05, 0.1) is 24.8 Å². The summed E-state index contributed by atoms with van der Waals surface area (Å²) < 4.78 is 38.3. The Labute approximate surface area is 143 Å². The topological polar surface area (TPSA) is 64.6 Å². The molecule has 0 aliphatic rings. The molecule has 24 heavy (non-hydrogen) atoms. The maximum Gasteiger partial charge on any atom is 0.261 e. The van der Waals surface area contributed by atoms with Crippen LogP contribution in [0.5, 0.6) is 11.5 Å². The van der Waals surface area contributed by atoms with Gasteiger partial charge in [-0.05, 0) is 42.2 Å². The van der Waals surface area contributed by atoms with Gasteiger partial charge in [-0.2, -0.15) is 0 Å². The number of ether oxygens (including phenoxy) is 2. The van der Waals surface area contributed by atoms with Crippen LogP contribution >= 0.6 is 0 Å². The van der Waals surface area contributed by atoms with Gasteiger partial charge in [0, 0.05) is 6.07 Å². The molecule has 0 aliphatic carbocycles. The van der Waals surface area contributed by atoms with Crippen LogP contribution in [0.4, 0.5) is 5.69 Å². The summed E-state index contributed by atoms with van der Waals surface area (Å²) in [5.74, 6) is 1.37. The van der Waals surface area contributed by atoms with E-state index in [2.05, 4.69) is 18.6 Å². The zero-order valence-corrected chi connectivity index (χ0v) is 15.4. The summed E-state index contributed by atoms with van der Waals surface area (Å²) in [4.78, 5) is 0.223. The number of hydrogen-bond acceptors (Lipinski definition) is 4. The molecule has 0 aliphatic heterocycles. The van der Waals surface area contributed by atoms with E-state index >= 15 is 0 Å². The molecule has 0 spiro atoms. The molecular formula is C18H23NO4S. The second-order valence-corrected chi connectivity index (χ2v) is 7.53. The molecule has 2 aromatic rings. The lowest BCUT2D eigenvalue weighted by Crippen LogP contribution is -2.14. The van der Waals surface area contributed by atoms with Crippen molar-refractivity contribution in [3.05, 3.63) is 47.5 Å². The summed E-state index contributed by atoms with van der Waals surface area (Å²) in [5.41, 5.74) is 2.30. The number of methoxy groups -OCH3 is 2. The quantitative estimate of drug-likeness (QED) is 0.858. The van der Waals surface area contributed by atoms with E-state index in [1.807, 2.05) is 19.1 Å². The van der Waals surface area contributed by atoms with Crippen molar-refractivity contribution < 1.29 is 17.9 Å². The first-order valence-corrected chi connectivity index (χ1v) is 9.12. The highest BCUT2D eigenvalue weighted by Gasteiger charge is 2.17. The van der Waals surface area contributed by atoms with Crippen molar-refractivity contribution in [2.24, 2.45) is 0 Å². The number of hydrogen-bond donors (Lipinski definition) is 1. The molecule has 0 radical (unpaired) electrons. The molecule has 0 unspecified atom stereocenters. The summed E-state index contributed by atoms with van der Waals surface area (Å²) in [6, 6.07) is 10.3. The van der Waals surface area contributed by atoms with Crippen LogP contribution in [0, 0.1) is 6.92 Å². The van der Waals surface area contributed by atoms with Gasteiger partial charge in [0.25, 0.3) is 10.0 Å². The average Bonchev–Trinajstić information content (AvgIpc) is 2.56. The largest absolute Gasteiger partial charge is 0.493 e. The molecular weight excluding hydrogens is 326 g/mol. The van der Waals surface area contributed by atoms with E-state index in [4.69, 9.17) is 9.47 Å². The Bertz CT molecular complexity index is 812. The minimum atomic E-state index is -3.67. The van der Waals surface area contributed by atoms with Crippen LogP contribution in [-0.4, -0.2) is 22.6 Å². The average molecular weight is 349 g/mol. The molecule has 6 heteroatoms. The second kappa shape index (κ2) is 7.13. The molecule has 0 atom stereocenters. The van der Waals surface area contributed by atoms with Crippen molar-refractivity contribution in [2.45, 2.75) is 31.6 Å². The fraction of sp³-hybridized carbons (Fsp3) is 0.333. The highest BCUT2D eigenvalue weighted by Crippen LogP contribution is 2.34. The SMILES string of the molecule is COc1cc(C)c(NS(=O)(=O)c2ccc(C(C)C)cc2)cc1OC. The number of benzene rings is 2. The second-order valence-electron chi connectivity index (χ2n) is 5.85. The predicted molar refractivity (Wildman–Crippen MR) is 95.6 cm³/mol. The van der Waals surface area contributed by atoms with Crippen LogP contribution < -0.4 is 14.2 Å². The Balaban J connectivity index is 2.35. The van der Waals surface area contributed by atoms with Gasteiger partial charge in [0.2, 0.25) is 0 Å². The van der Waals surface area contributed by atoms with E-state index in [-0.39, 0.29) is 4.90 Å². The third-order valence-corrected chi connectivity index (χ3v) is 5.21. The van der Waals surface area contributed by atoms with Crippen molar-refractivity contribution >= 4 is 15.7 Å². The third kappa shape index (κ3) is 3.82. The standard InChI is InChI=1S/C18H23NO4S/c1-12(2)14-6-8-15(9-7-14)24(20,21)19-16-11-18(23-5)17(22-4)10-13(16)3/h6-12,19H,1-5H3. The van der Waals surface area contributed by atoms with Gasteiger partial charge in [-0.15, -0.1) is 0 Å². The van der Waals surface area contributed by atoms with Crippen LogP contribution in [0.1, 0.15) is 30.9 Å². The Morgan fingerprint density at radius 3 is 2.00 bits per heavy atom. The van der Waals surface area contributed by atoms with E-state index in [1.165, 1.54) is 14.2 Å². The molecule has 1 N–H and O–H groups in total. The highest BCUT2D eigenvalue weighted by atomic mass is 32.2. The highest BCUT2D eigenvalue weighted by molar-refractivity contribution is 7.92. The van der Waals surface area contributed by atoms with Crippen LogP contribution in [0.15, 0.2) is 41.3 Å². The Morgan fingerprint density at radius 1 is 0.958 bits per heavy atom. The lowest BCUT2D eigenvalue weighted by molar-refractivity contribution is 0.355. The molecule has 2 rings (SSSR count). The minimum Gasteiger partial charge on any atom is -0.493 e. The van der Waals surface area contributed by atoms with E-state index in [9.17, 15) is 8.42 Å². The molecule has 5 nitrogen and oxygen atoms in total. The Morgan fingerprint density at radius 2 is 1.50 bits per heavy atom. The van der Waals surface area contributed by atoms with E-state index in [0.29, 0.717) is 23.1 Å². The molecule has 0 aromatic heterocycles. The number of sulfonamides is 1. The van der Waals surface area contributed by atoms with Gasteiger partial charge >= 0.3 is 0 Å². The Hall–Kier alpha value is -2.21. The fourth-order valence-electron chi connectivity index (χ4n) is 2.33. The number of nitrogens with one attached hydrogen (secondary N) is 1. The van der Waals surface area contributed by atoms with E-state index < -0.39 is 10.0 Å². The maximum atomic E-state index is 12.6. The predicted octanol–water partition coefficient (Wildman–Crippen LogP) is 3.94. The van der Waals surface area contributed by atoms with Crippen LogP contribution in [-0.2, 0) is 10.0 Å². The maximum absolute atomic E-state index is 12.6. The van der Waals surface area contributed by atoms with Gasteiger partial charge < -0.3 is 9.47 Å². The van der Waals surface area contributed by atoms with Gasteiger partial charge in [-0.3, -0.25) is 4.72 Å². The lowest BCUT2D eigenvalue weighted by Gasteiger charge is -2.15. The summed E-state index contributed by atoms with van der Waals surface area (Å²) >= 11 is 0. The Kier molecular flexibility index (Phi) is 5.39. The minimum absolute atomic E-state index is 0.223. The third-order valence-electron chi connectivity index (χ3n) is 3.83. The van der Waals surface area contributed by atoms with Crippen LogP contribution in [0.3, 0.4) is 0 Å². The lowest BCUT2D eigenvalue weighted by atomic mass is 10.0. The summed E-state index contributed by atoms with van der Waals surface area (Å²) in [6.07, 6.45) is 0. The van der Waals surface area contributed by atoms with Gasteiger partial charge in [-0.25, -0.2) is 8.42 Å². The van der Waals surface area contributed by atoms with Crippen molar-refractivity contribution in [1.29, 1.82) is 0 Å². The first-order chi connectivity index (χ1) is 11.3. The molecule has 0 amide bonds. The van der Waals surface area contributed by atoms with Gasteiger partial charge in [0.1, 0.15) is 0 Å². The van der Waals surface area contributed by atoms with Gasteiger partial charge in [-0.1, -0.05) is 26.0 Å². The number of aryl methyl sites for hydroxylation is 1. The molecule has 0 bridgehead atoms. The fourth-order valence-corrected chi connectivity index (χ4v) is 3.45. The van der Waals surface area contributed by atoms with Crippen molar-refractivity contribution in [1.82, 2.24) is 0 Å². The van der Waals surface area contributed by atoms with Crippen LogP contribution in [0.2, 0.25) is 0 Å². The molecule has 0 heterocycles. The molecule has 130 valence electrons. The van der Waals surface area contributed by atoms with Crippen molar-refractivity contribution in [3.8, 4) is 11.5 Å². The molecule has 0 saturated carbocycles. The van der Waals surface area contributed by atoms with E-state index in [1.54, 1.807) is 24.3 Å². The zero-order valence-electron chi connectivity index (χ0n) is 14.6. The molecule has 0 fully saturated rings. The van der Waals surface area contributed by atoms with Crippen LogP contribution in [0.25, 0.3) is 0 Å². The van der Waals surface area contributed by atoms with Crippen molar-refractivity contribution in [3.63, 3.8) is 0 Å². The first-order valence-electron chi connectivity index (χ1n) is 7.64. The van der Waals surface area contributed by atoms with Crippen molar-refractivity contribution in [2.75, 3.05) is 18.9 Å². The summed E-state index contributed by atoms with van der Waals surface area (Å²) in [6.45, 7) is 5.94. The summed E-state index contributed by atoms with van der Waals surface area (Å²) in [5, 5.41) is 0. The zero-order chi connectivity index (χ0) is 17.9. The smallest absolute Gasteiger partial charge is 0.261 e. The van der Waals surface area contributed by atoms with Gasteiger partial charge in [0.15, 0.2) is 11.5 Å². The van der Waals surface area contributed by atoms with E-state index in [0.717, 1.165) is 11.1 Å². The number of rotatable bonds is 6. The molecule has 2 aromatic carbocycles. The number of anilines is 1. The summed E-state index contributed by atoms with van der Waals surface area (Å²) in [7, 11) is -0.620. The first kappa shape index (κ1) is 18.1. The molecule has 0 saturated heterocycles. The normalized spacial score (nSPS) is 11.4. The monoisotopic (exact) mass is 349 g/mol.